The lowest BCUT2D eigenvalue weighted by atomic mass is 10.2. The van der Waals surface area contributed by atoms with Crippen molar-refractivity contribution < 1.29 is 9.90 Å². The van der Waals surface area contributed by atoms with E-state index < -0.39 is 5.97 Å². The van der Waals surface area contributed by atoms with Gasteiger partial charge in [-0.2, -0.15) is 0 Å². The summed E-state index contributed by atoms with van der Waals surface area (Å²) in [7, 11) is 0. The maximum absolute atomic E-state index is 11.0. The molecule has 0 atom stereocenters. The third-order valence-corrected chi connectivity index (χ3v) is 3.13. The summed E-state index contributed by atoms with van der Waals surface area (Å²) in [5.74, 6) is -0.489. The van der Waals surface area contributed by atoms with Crippen LogP contribution >= 0.6 is 0 Å². The molecule has 0 aromatic carbocycles. The van der Waals surface area contributed by atoms with E-state index in [0.29, 0.717) is 5.82 Å². The number of hydrogen-bond acceptors (Lipinski definition) is 4. The zero-order chi connectivity index (χ0) is 14.1. The van der Waals surface area contributed by atoms with E-state index in [9.17, 15) is 4.79 Å². The summed E-state index contributed by atoms with van der Waals surface area (Å²) >= 11 is 0. The van der Waals surface area contributed by atoms with Gasteiger partial charge >= 0.3 is 5.97 Å². The van der Waals surface area contributed by atoms with Gasteiger partial charge in [0, 0.05) is 12.7 Å². The summed E-state index contributed by atoms with van der Waals surface area (Å²) < 4.78 is 0. The fraction of sp³-hybridized carbons (Fsp3) is 0.571. The first-order valence-corrected chi connectivity index (χ1v) is 6.83. The van der Waals surface area contributed by atoms with Gasteiger partial charge in [-0.05, 0) is 44.6 Å². The fourth-order valence-electron chi connectivity index (χ4n) is 1.93. The van der Waals surface area contributed by atoms with Crippen LogP contribution in [-0.2, 0) is 0 Å². The quantitative estimate of drug-likeness (QED) is 0.671. The number of nitrogens with zero attached hydrogens (tertiary/aromatic N) is 2. The summed E-state index contributed by atoms with van der Waals surface area (Å²) in [5.41, 5.74) is 0.228. The Morgan fingerprint density at radius 1 is 1.37 bits per heavy atom. The van der Waals surface area contributed by atoms with Gasteiger partial charge in [-0.1, -0.05) is 13.8 Å². The highest BCUT2D eigenvalue weighted by Crippen LogP contribution is 2.11. The highest BCUT2D eigenvalue weighted by atomic mass is 16.4. The number of carboxylic acids is 1. The smallest absolute Gasteiger partial charge is 0.339 e. The highest BCUT2D eigenvalue weighted by Gasteiger charge is 2.09. The molecule has 106 valence electrons. The Bertz CT molecular complexity index is 392. The Balaban J connectivity index is 2.32. The number of hydrogen-bond donors (Lipinski definition) is 2. The molecule has 0 aliphatic heterocycles. The van der Waals surface area contributed by atoms with Crippen molar-refractivity contribution in [2.24, 2.45) is 0 Å². The minimum absolute atomic E-state index is 0.228. The predicted octanol–water partition coefficient (Wildman–Crippen LogP) is 2.31. The minimum atomic E-state index is -0.946. The van der Waals surface area contributed by atoms with Crippen LogP contribution in [0.25, 0.3) is 0 Å². The number of carboxylic acid groups (broad SMARTS) is 1. The lowest BCUT2D eigenvalue weighted by molar-refractivity contribution is 0.0697. The van der Waals surface area contributed by atoms with Crippen molar-refractivity contribution in [1.29, 1.82) is 0 Å². The third kappa shape index (κ3) is 5.26. The molecule has 0 bridgehead atoms. The van der Waals surface area contributed by atoms with E-state index in [2.05, 4.69) is 29.0 Å². The zero-order valence-electron chi connectivity index (χ0n) is 11.7. The van der Waals surface area contributed by atoms with Crippen LogP contribution in [0, 0.1) is 0 Å². The highest BCUT2D eigenvalue weighted by molar-refractivity contribution is 5.92. The number of aromatic nitrogens is 1. The summed E-state index contributed by atoms with van der Waals surface area (Å²) in [6, 6.07) is 3.20. The SMILES string of the molecule is CCN(CC)CCCCNc1ncccc1C(=O)O. The number of carbonyl (C=O) groups is 1. The van der Waals surface area contributed by atoms with Crippen LogP contribution in [0.5, 0.6) is 0 Å². The van der Waals surface area contributed by atoms with Crippen molar-refractivity contribution in [2.45, 2.75) is 26.7 Å². The van der Waals surface area contributed by atoms with Crippen molar-refractivity contribution in [2.75, 3.05) is 31.5 Å². The molecule has 0 amide bonds. The Labute approximate surface area is 114 Å². The second-order valence-corrected chi connectivity index (χ2v) is 4.37. The summed E-state index contributed by atoms with van der Waals surface area (Å²) in [4.78, 5) is 17.4. The van der Waals surface area contributed by atoms with E-state index in [1.807, 2.05) is 0 Å². The average molecular weight is 265 g/mol. The fourth-order valence-corrected chi connectivity index (χ4v) is 1.93. The molecule has 1 rings (SSSR count). The number of pyridine rings is 1. The zero-order valence-corrected chi connectivity index (χ0v) is 11.7. The first-order valence-electron chi connectivity index (χ1n) is 6.83. The van der Waals surface area contributed by atoms with E-state index >= 15 is 0 Å². The second kappa shape index (κ2) is 8.48. The Morgan fingerprint density at radius 3 is 2.74 bits per heavy atom. The molecule has 0 saturated carbocycles. The molecular formula is C14H23N3O2. The van der Waals surface area contributed by atoms with Crippen LogP contribution < -0.4 is 5.32 Å². The van der Waals surface area contributed by atoms with Crippen molar-refractivity contribution in [3.8, 4) is 0 Å². The molecular weight excluding hydrogens is 242 g/mol. The number of aromatic carboxylic acids is 1. The monoisotopic (exact) mass is 265 g/mol. The van der Waals surface area contributed by atoms with Crippen molar-refractivity contribution in [1.82, 2.24) is 9.88 Å². The minimum Gasteiger partial charge on any atom is -0.478 e. The Kier molecular flexibility index (Phi) is 6.89. The molecule has 0 aliphatic carbocycles. The van der Waals surface area contributed by atoms with Gasteiger partial charge in [-0.3, -0.25) is 0 Å². The Hall–Kier alpha value is -1.62. The number of unbranched alkanes of at least 4 members (excludes halogenated alkanes) is 1. The van der Waals surface area contributed by atoms with E-state index in [1.165, 1.54) is 0 Å². The van der Waals surface area contributed by atoms with Crippen LogP contribution in [-0.4, -0.2) is 47.1 Å². The van der Waals surface area contributed by atoms with Gasteiger partial charge in [0.05, 0.1) is 0 Å². The lowest BCUT2D eigenvalue weighted by Crippen LogP contribution is -2.24. The van der Waals surface area contributed by atoms with Crippen LogP contribution in [0.1, 0.15) is 37.0 Å². The van der Waals surface area contributed by atoms with Gasteiger partial charge in [0.2, 0.25) is 0 Å². The molecule has 0 unspecified atom stereocenters. The molecule has 1 aromatic heterocycles. The normalized spacial score (nSPS) is 10.7. The third-order valence-electron chi connectivity index (χ3n) is 3.13. The van der Waals surface area contributed by atoms with Gasteiger partial charge in [0.25, 0.3) is 0 Å². The van der Waals surface area contributed by atoms with Gasteiger partial charge in [-0.15, -0.1) is 0 Å². The molecule has 5 heteroatoms. The van der Waals surface area contributed by atoms with E-state index in [-0.39, 0.29) is 5.56 Å². The molecule has 19 heavy (non-hydrogen) atoms. The maximum Gasteiger partial charge on any atom is 0.339 e. The van der Waals surface area contributed by atoms with Crippen LogP contribution in [0.15, 0.2) is 18.3 Å². The molecule has 0 aliphatic rings. The standard InChI is InChI=1S/C14H23N3O2/c1-3-17(4-2)11-6-5-9-15-13-12(14(18)19)8-7-10-16-13/h7-8,10H,3-6,9,11H2,1-2H3,(H,15,16)(H,18,19). The molecule has 0 fully saturated rings. The summed E-state index contributed by atoms with van der Waals surface area (Å²) in [6.45, 7) is 8.31. The van der Waals surface area contributed by atoms with E-state index in [4.69, 9.17) is 5.11 Å². The topological polar surface area (TPSA) is 65.5 Å². The molecule has 0 radical (unpaired) electrons. The van der Waals surface area contributed by atoms with Crippen LogP contribution in [0.3, 0.4) is 0 Å². The maximum atomic E-state index is 11.0. The van der Waals surface area contributed by atoms with Crippen molar-refractivity contribution in [3.63, 3.8) is 0 Å². The van der Waals surface area contributed by atoms with Crippen molar-refractivity contribution >= 4 is 11.8 Å². The first kappa shape index (κ1) is 15.4. The van der Waals surface area contributed by atoms with Crippen LogP contribution in [0.4, 0.5) is 5.82 Å². The van der Waals surface area contributed by atoms with Gasteiger partial charge in [-0.25, -0.2) is 9.78 Å². The molecule has 0 saturated heterocycles. The molecule has 1 aromatic rings. The Morgan fingerprint density at radius 2 is 2.11 bits per heavy atom. The van der Waals surface area contributed by atoms with E-state index in [1.54, 1.807) is 18.3 Å². The average Bonchev–Trinajstić information content (AvgIpc) is 2.43. The largest absolute Gasteiger partial charge is 0.478 e. The lowest BCUT2D eigenvalue weighted by Gasteiger charge is -2.17. The summed E-state index contributed by atoms with van der Waals surface area (Å²) in [5, 5.41) is 12.1. The number of rotatable bonds is 9. The van der Waals surface area contributed by atoms with Gasteiger partial charge < -0.3 is 15.3 Å². The first-order chi connectivity index (χ1) is 9.19. The summed E-state index contributed by atoms with van der Waals surface area (Å²) in [6.07, 6.45) is 3.71. The van der Waals surface area contributed by atoms with E-state index in [0.717, 1.165) is 39.0 Å². The van der Waals surface area contributed by atoms with Crippen molar-refractivity contribution in [3.05, 3.63) is 23.9 Å². The molecule has 2 N–H and O–H groups in total. The van der Waals surface area contributed by atoms with Gasteiger partial charge in [0.1, 0.15) is 11.4 Å². The predicted molar refractivity (Wildman–Crippen MR) is 76.7 cm³/mol. The van der Waals surface area contributed by atoms with Crippen LogP contribution in [0.2, 0.25) is 0 Å². The second-order valence-electron chi connectivity index (χ2n) is 4.37. The molecule has 0 spiro atoms. The molecule has 1 heterocycles. The molecule has 5 nitrogen and oxygen atoms in total. The number of anilines is 1. The number of nitrogens with one attached hydrogen (secondary N) is 1. The van der Waals surface area contributed by atoms with Gasteiger partial charge in [0.15, 0.2) is 0 Å².